The van der Waals surface area contributed by atoms with Gasteiger partial charge < -0.3 is 14.4 Å². The number of rotatable bonds is 5. The molecule has 0 radical (unpaired) electrons. The summed E-state index contributed by atoms with van der Waals surface area (Å²) in [4.78, 5) is 13.6. The Kier molecular flexibility index (Phi) is 4.27. The van der Waals surface area contributed by atoms with Crippen molar-refractivity contribution in [2.45, 2.75) is 39.7 Å². The molecule has 0 unspecified atom stereocenters. The lowest BCUT2D eigenvalue weighted by Gasteiger charge is -2.37. The monoisotopic (exact) mass is 303 g/mol. The molecular formula is C18H25NO3. The van der Waals surface area contributed by atoms with Crippen molar-refractivity contribution >= 4 is 6.09 Å². The number of hydrogen-bond acceptors (Lipinski definition) is 3. The van der Waals surface area contributed by atoms with Gasteiger partial charge in [0.05, 0.1) is 13.2 Å². The lowest BCUT2D eigenvalue weighted by Crippen LogP contribution is -2.46. The van der Waals surface area contributed by atoms with Gasteiger partial charge in [-0.2, -0.15) is 0 Å². The van der Waals surface area contributed by atoms with Gasteiger partial charge >= 0.3 is 6.09 Å². The van der Waals surface area contributed by atoms with Crippen LogP contribution >= 0.6 is 0 Å². The quantitative estimate of drug-likeness (QED) is 0.829. The summed E-state index contributed by atoms with van der Waals surface area (Å²) < 4.78 is 11.1. The van der Waals surface area contributed by atoms with Crippen LogP contribution in [0.2, 0.25) is 0 Å². The van der Waals surface area contributed by atoms with Crippen molar-refractivity contribution in [3.63, 3.8) is 0 Å². The fraction of sp³-hybridized carbons (Fsp3) is 0.611. The van der Waals surface area contributed by atoms with Crippen LogP contribution in [0.5, 0.6) is 5.75 Å². The normalized spacial score (nSPS) is 21.2. The molecule has 4 heteroatoms. The van der Waals surface area contributed by atoms with Crippen molar-refractivity contribution in [1.82, 2.24) is 4.90 Å². The third-order valence-corrected chi connectivity index (χ3v) is 4.47. The van der Waals surface area contributed by atoms with Crippen molar-refractivity contribution in [3.05, 3.63) is 29.8 Å². The summed E-state index contributed by atoms with van der Waals surface area (Å²) in [5, 5.41) is 0. The first-order chi connectivity index (χ1) is 10.5. The van der Waals surface area contributed by atoms with Crippen LogP contribution < -0.4 is 4.74 Å². The molecule has 1 aliphatic heterocycles. The molecule has 1 aromatic rings. The Hall–Kier alpha value is -1.71. The van der Waals surface area contributed by atoms with Crippen LogP contribution in [0.1, 0.15) is 38.7 Å². The topological polar surface area (TPSA) is 38.8 Å². The molecule has 22 heavy (non-hydrogen) atoms. The minimum absolute atomic E-state index is 0.0136. The molecule has 1 aliphatic carbocycles. The minimum Gasteiger partial charge on any atom is -0.493 e. The van der Waals surface area contributed by atoms with Gasteiger partial charge in [0.1, 0.15) is 5.75 Å². The molecule has 2 fully saturated rings. The van der Waals surface area contributed by atoms with Gasteiger partial charge in [0.2, 0.25) is 0 Å². The second-order valence-electron chi connectivity index (χ2n) is 7.33. The fourth-order valence-electron chi connectivity index (χ4n) is 2.88. The second-order valence-corrected chi connectivity index (χ2v) is 7.33. The summed E-state index contributed by atoms with van der Waals surface area (Å²) in [6, 6.07) is 8.05. The van der Waals surface area contributed by atoms with E-state index in [1.807, 2.05) is 24.3 Å². The molecule has 3 rings (SSSR count). The highest BCUT2D eigenvalue weighted by atomic mass is 16.6. The zero-order valence-electron chi connectivity index (χ0n) is 13.5. The van der Waals surface area contributed by atoms with Crippen LogP contribution in [0.4, 0.5) is 4.79 Å². The fourth-order valence-corrected chi connectivity index (χ4v) is 2.88. The Balaban J connectivity index is 1.54. The minimum atomic E-state index is -0.218. The van der Waals surface area contributed by atoms with Gasteiger partial charge in [-0.25, -0.2) is 4.79 Å². The zero-order valence-corrected chi connectivity index (χ0v) is 13.5. The summed E-state index contributed by atoms with van der Waals surface area (Å²) in [5.74, 6) is 1.65. The summed E-state index contributed by atoms with van der Waals surface area (Å²) in [6.45, 7) is 6.87. The maximum Gasteiger partial charge on any atom is 0.410 e. The van der Waals surface area contributed by atoms with Crippen LogP contribution in [0.3, 0.4) is 0 Å². The number of benzene rings is 1. The molecule has 0 bridgehead atoms. The standard InChI is InChI=1S/C18H25NO3/c1-18(2)12-19(17(20)22-13-18)10-14-6-8-16(9-7-14)21-11-15-4-3-5-15/h6-9,15H,3-5,10-13H2,1-2H3. The van der Waals surface area contributed by atoms with Gasteiger partial charge in [-0.1, -0.05) is 32.4 Å². The highest BCUT2D eigenvalue weighted by Crippen LogP contribution is 2.28. The lowest BCUT2D eigenvalue weighted by molar-refractivity contribution is 0.00679. The molecule has 120 valence electrons. The Morgan fingerprint density at radius 3 is 2.64 bits per heavy atom. The van der Waals surface area contributed by atoms with E-state index in [0.29, 0.717) is 13.2 Å². The molecule has 1 saturated carbocycles. The summed E-state index contributed by atoms with van der Waals surface area (Å²) in [7, 11) is 0. The number of amides is 1. The summed E-state index contributed by atoms with van der Waals surface area (Å²) in [6.07, 6.45) is 3.72. The van der Waals surface area contributed by atoms with Crippen molar-refractivity contribution in [2.75, 3.05) is 19.8 Å². The predicted octanol–water partition coefficient (Wildman–Crippen LogP) is 3.84. The average Bonchev–Trinajstić information content (AvgIpc) is 2.43. The Morgan fingerprint density at radius 2 is 2.00 bits per heavy atom. The molecule has 0 atom stereocenters. The third-order valence-electron chi connectivity index (χ3n) is 4.47. The molecule has 1 aromatic carbocycles. The van der Waals surface area contributed by atoms with Crippen LogP contribution in [-0.2, 0) is 11.3 Å². The Morgan fingerprint density at radius 1 is 1.27 bits per heavy atom. The largest absolute Gasteiger partial charge is 0.493 e. The van der Waals surface area contributed by atoms with E-state index in [1.165, 1.54) is 19.3 Å². The van der Waals surface area contributed by atoms with Crippen LogP contribution in [-0.4, -0.2) is 30.8 Å². The predicted molar refractivity (Wildman–Crippen MR) is 84.8 cm³/mol. The molecule has 1 amide bonds. The summed E-state index contributed by atoms with van der Waals surface area (Å²) in [5.41, 5.74) is 1.12. The highest BCUT2D eigenvalue weighted by molar-refractivity contribution is 5.68. The van der Waals surface area contributed by atoms with E-state index in [-0.39, 0.29) is 11.5 Å². The molecule has 0 spiro atoms. The van der Waals surface area contributed by atoms with Crippen molar-refractivity contribution in [1.29, 1.82) is 0 Å². The molecule has 0 N–H and O–H groups in total. The summed E-state index contributed by atoms with van der Waals surface area (Å²) >= 11 is 0. The maximum absolute atomic E-state index is 11.8. The molecule has 0 aromatic heterocycles. The van der Waals surface area contributed by atoms with E-state index in [9.17, 15) is 4.79 Å². The smallest absolute Gasteiger partial charge is 0.410 e. The Labute approximate surface area is 132 Å². The van der Waals surface area contributed by atoms with E-state index < -0.39 is 0 Å². The van der Waals surface area contributed by atoms with Gasteiger partial charge in [0.25, 0.3) is 0 Å². The van der Waals surface area contributed by atoms with Crippen LogP contribution in [0, 0.1) is 11.3 Å². The number of carbonyl (C=O) groups excluding carboxylic acids is 1. The molecular weight excluding hydrogens is 278 g/mol. The highest BCUT2D eigenvalue weighted by Gasteiger charge is 2.32. The number of carbonyl (C=O) groups is 1. The first-order valence-electron chi connectivity index (χ1n) is 8.15. The van der Waals surface area contributed by atoms with Gasteiger partial charge in [-0.3, -0.25) is 0 Å². The van der Waals surface area contributed by atoms with Crippen molar-refractivity contribution < 1.29 is 14.3 Å². The molecule has 1 heterocycles. The van der Waals surface area contributed by atoms with Gasteiger partial charge in [0.15, 0.2) is 0 Å². The van der Waals surface area contributed by atoms with Crippen LogP contribution in [0.25, 0.3) is 0 Å². The third kappa shape index (κ3) is 3.73. The number of cyclic esters (lactones) is 1. The van der Waals surface area contributed by atoms with E-state index in [2.05, 4.69) is 13.8 Å². The molecule has 4 nitrogen and oxygen atoms in total. The first-order valence-corrected chi connectivity index (χ1v) is 8.15. The van der Waals surface area contributed by atoms with Gasteiger partial charge in [0, 0.05) is 18.5 Å². The van der Waals surface area contributed by atoms with Crippen molar-refractivity contribution in [3.8, 4) is 5.75 Å². The number of nitrogens with zero attached hydrogens (tertiary/aromatic N) is 1. The van der Waals surface area contributed by atoms with Crippen molar-refractivity contribution in [2.24, 2.45) is 11.3 Å². The van der Waals surface area contributed by atoms with E-state index in [1.54, 1.807) is 4.90 Å². The Bertz CT molecular complexity index is 520. The molecule has 2 aliphatic rings. The SMILES string of the molecule is CC1(C)COC(=O)N(Cc2ccc(OCC3CCC3)cc2)C1. The van der Waals surface area contributed by atoms with E-state index >= 15 is 0 Å². The number of ether oxygens (including phenoxy) is 2. The number of hydrogen-bond donors (Lipinski definition) is 0. The average molecular weight is 303 g/mol. The zero-order chi connectivity index (χ0) is 15.6. The molecule has 1 saturated heterocycles. The van der Waals surface area contributed by atoms with E-state index in [0.717, 1.165) is 30.4 Å². The van der Waals surface area contributed by atoms with Crippen LogP contribution in [0.15, 0.2) is 24.3 Å². The maximum atomic E-state index is 11.8. The second kappa shape index (κ2) is 6.19. The first kappa shape index (κ1) is 15.2. The van der Waals surface area contributed by atoms with E-state index in [4.69, 9.17) is 9.47 Å². The lowest BCUT2D eigenvalue weighted by atomic mass is 9.86. The van der Waals surface area contributed by atoms with Gasteiger partial charge in [-0.15, -0.1) is 0 Å². The van der Waals surface area contributed by atoms with Gasteiger partial charge in [-0.05, 0) is 36.5 Å².